The smallest absolute Gasteiger partial charge is 0.312 e. The van der Waals surface area contributed by atoms with Gasteiger partial charge in [0.05, 0.1) is 0 Å². The van der Waals surface area contributed by atoms with E-state index in [2.05, 4.69) is 67.0 Å². The summed E-state index contributed by atoms with van der Waals surface area (Å²) in [6.45, 7) is 22.4. The fraction of sp³-hybridized carbons (Fsp3) is 1.00. The highest BCUT2D eigenvalue weighted by Gasteiger charge is 2.43. The van der Waals surface area contributed by atoms with Crippen LogP contribution in [0.1, 0.15) is 27.7 Å². The Kier molecular flexibility index (Phi) is 8.31. The highest BCUT2D eigenvalue weighted by Crippen LogP contribution is 2.28. The molecule has 0 aliphatic carbocycles. The van der Waals surface area contributed by atoms with E-state index in [-0.39, 0.29) is 0 Å². The van der Waals surface area contributed by atoms with Crippen molar-refractivity contribution >= 4 is 33.8 Å². The van der Waals surface area contributed by atoms with Crippen LogP contribution in [0.25, 0.3) is 0 Å². The van der Waals surface area contributed by atoms with Gasteiger partial charge < -0.3 is 12.3 Å². The Morgan fingerprint density at radius 1 is 0.476 bits per heavy atom. The molecule has 0 amide bonds. The SMILES string of the molecule is CC[Si](C)(CC)O[Si](C)(C)O[Si](C)(C)O[Si](C)(CC)CC. The molecule has 0 saturated carbocycles. The maximum atomic E-state index is 6.57. The Morgan fingerprint density at radius 3 is 0.905 bits per heavy atom. The monoisotopic (exact) mass is 366 g/mol. The van der Waals surface area contributed by atoms with Gasteiger partial charge in [0.15, 0.2) is 16.6 Å². The minimum Gasteiger partial charge on any atom is -0.436 e. The minimum atomic E-state index is -2.12. The summed E-state index contributed by atoms with van der Waals surface area (Å²) in [4.78, 5) is 0. The first-order valence-electron chi connectivity index (χ1n) is 8.47. The zero-order valence-electron chi connectivity index (χ0n) is 16.1. The molecule has 3 nitrogen and oxygen atoms in total. The molecule has 0 heterocycles. The van der Waals surface area contributed by atoms with Crippen LogP contribution < -0.4 is 0 Å². The Bertz CT molecular complexity index is 283. The van der Waals surface area contributed by atoms with Crippen molar-refractivity contribution in [2.24, 2.45) is 0 Å². The first kappa shape index (κ1) is 21.7. The van der Waals surface area contributed by atoms with Gasteiger partial charge in [-0.3, -0.25) is 0 Å². The molecule has 7 heteroatoms. The molecule has 0 aromatic carbocycles. The molecule has 0 aliphatic heterocycles. The van der Waals surface area contributed by atoms with Gasteiger partial charge in [-0.2, -0.15) is 0 Å². The van der Waals surface area contributed by atoms with Crippen molar-refractivity contribution in [2.75, 3.05) is 0 Å². The maximum absolute atomic E-state index is 6.57. The van der Waals surface area contributed by atoms with E-state index >= 15 is 0 Å². The Morgan fingerprint density at radius 2 is 0.714 bits per heavy atom. The lowest BCUT2D eigenvalue weighted by atomic mass is 10.9. The minimum absolute atomic E-state index is 1.16. The van der Waals surface area contributed by atoms with Gasteiger partial charge in [-0.05, 0) is 63.5 Å². The first-order chi connectivity index (χ1) is 9.36. The number of hydrogen-bond acceptors (Lipinski definition) is 3. The van der Waals surface area contributed by atoms with E-state index in [1.165, 1.54) is 0 Å². The van der Waals surface area contributed by atoms with E-state index in [9.17, 15) is 0 Å². The second-order valence-electron chi connectivity index (χ2n) is 7.42. The lowest BCUT2D eigenvalue weighted by Gasteiger charge is -2.42. The summed E-state index contributed by atoms with van der Waals surface area (Å²) < 4.78 is 19.7. The van der Waals surface area contributed by atoms with Crippen molar-refractivity contribution in [1.82, 2.24) is 0 Å². The quantitative estimate of drug-likeness (QED) is 0.466. The molecule has 0 bridgehead atoms. The topological polar surface area (TPSA) is 27.7 Å². The fourth-order valence-electron chi connectivity index (χ4n) is 2.61. The van der Waals surface area contributed by atoms with E-state index in [1.54, 1.807) is 0 Å². The van der Waals surface area contributed by atoms with E-state index in [1.807, 2.05) is 0 Å². The van der Waals surface area contributed by atoms with Crippen LogP contribution in [0.4, 0.5) is 0 Å². The predicted octanol–water partition coefficient (Wildman–Crippen LogP) is 5.67. The van der Waals surface area contributed by atoms with E-state index < -0.39 is 33.8 Å². The highest BCUT2D eigenvalue weighted by molar-refractivity contribution is 6.89. The molecule has 0 aromatic heterocycles. The second-order valence-corrected chi connectivity index (χ2v) is 24.1. The third kappa shape index (κ3) is 7.71. The van der Waals surface area contributed by atoms with Gasteiger partial charge in [0.2, 0.25) is 0 Å². The molecule has 0 N–H and O–H groups in total. The summed E-state index contributed by atoms with van der Waals surface area (Å²) in [5.41, 5.74) is 0. The van der Waals surface area contributed by atoms with Crippen molar-refractivity contribution in [1.29, 1.82) is 0 Å². The lowest BCUT2D eigenvalue weighted by Crippen LogP contribution is -2.57. The average Bonchev–Trinajstić information content (AvgIpc) is 2.35. The van der Waals surface area contributed by atoms with Gasteiger partial charge in [0.25, 0.3) is 0 Å². The molecule has 0 aliphatic rings. The number of rotatable bonds is 10. The first-order valence-corrected chi connectivity index (χ1v) is 19.7. The molecule has 0 rings (SSSR count). The standard InChI is InChI=1S/C14H38O3Si4/c1-11-20(9,12-2)16-18(5,6)15-19(7,8)17-21(10,13-3)14-4/h11-14H2,1-10H3. The van der Waals surface area contributed by atoms with Gasteiger partial charge in [0.1, 0.15) is 0 Å². The van der Waals surface area contributed by atoms with Crippen LogP contribution in [0.15, 0.2) is 0 Å². The predicted molar refractivity (Wildman–Crippen MR) is 103 cm³/mol. The third-order valence-electron chi connectivity index (χ3n) is 4.47. The van der Waals surface area contributed by atoms with Crippen LogP contribution in [-0.2, 0) is 12.3 Å². The summed E-state index contributed by atoms with van der Waals surface area (Å²) in [7, 11) is -7.43. The van der Waals surface area contributed by atoms with E-state index in [0.29, 0.717) is 0 Å². The van der Waals surface area contributed by atoms with Crippen molar-refractivity contribution in [3.63, 3.8) is 0 Å². The molecule has 0 aromatic rings. The summed E-state index contributed by atoms with van der Waals surface area (Å²) in [6, 6.07) is 4.62. The van der Waals surface area contributed by atoms with Crippen LogP contribution in [0.2, 0.25) is 63.5 Å². The Balaban J connectivity index is 4.90. The van der Waals surface area contributed by atoms with Gasteiger partial charge in [-0.15, -0.1) is 0 Å². The summed E-state index contributed by atoms with van der Waals surface area (Å²) in [5, 5.41) is 0. The average molecular weight is 367 g/mol. The van der Waals surface area contributed by atoms with Crippen molar-refractivity contribution < 1.29 is 12.3 Å². The van der Waals surface area contributed by atoms with E-state index in [0.717, 1.165) is 24.2 Å². The summed E-state index contributed by atoms with van der Waals surface area (Å²) >= 11 is 0. The largest absolute Gasteiger partial charge is 0.436 e. The molecule has 0 fully saturated rings. The van der Waals surface area contributed by atoms with Crippen LogP contribution >= 0.6 is 0 Å². The maximum Gasteiger partial charge on any atom is 0.312 e. The summed E-state index contributed by atoms with van der Waals surface area (Å²) in [5.74, 6) is 0. The lowest BCUT2D eigenvalue weighted by molar-refractivity contribution is 0.326. The molecule has 0 spiro atoms. The zero-order valence-corrected chi connectivity index (χ0v) is 20.1. The van der Waals surface area contributed by atoms with Crippen LogP contribution in [0.3, 0.4) is 0 Å². The van der Waals surface area contributed by atoms with E-state index in [4.69, 9.17) is 12.3 Å². The van der Waals surface area contributed by atoms with Crippen molar-refractivity contribution in [2.45, 2.75) is 91.2 Å². The van der Waals surface area contributed by atoms with Gasteiger partial charge >= 0.3 is 17.1 Å². The molecule has 0 atom stereocenters. The Hall–Kier alpha value is 0.748. The normalized spacial score (nSPS) is 14.6. The second kappa shape index (κ2) is 8.03. The zero-order chi connectivity index (χ0) is 16.9. The molecule has 128 valence electrons. The van der Waals surface area contributed by atoms with Gasteiger partial charge in [-0.1, -0.05) is 27.7 Å². The molecule has 0 saturated heterocycles. The Labute approximate surface area is 137 Å². The summed E-state index contributed by atoms with van der Waals surface area (Å²) in [6.07, 6.45) is 0. The van der Waals surface area contributed by atoms with Crippen LogP contribution in [-0.4, -0.2) is 33.8 Å². The third-order valence-corrected chi connectivity index (χ3v) is 22.3. The molecular formula is C14H38O3Si4. The molecule has 21 heavy (non-hydrogen) atoms. The molecule has 0 radical (unpaired) electrons. The van der Waals surface area contributed by atoms with Crippen LogP contribution in [0, 0.1) is 0 Å². The molecular weight excluding hydrogens is 328 g/mol. The fourth-order valence-corrected chi connectivity index (χ4v) is 21.2. The van der Waals surface area contributed by atoms with Crippen molar-refractivity contribution in [3.05, 3.63) is 0 Å². The van der Waals surface area contributed by atoms with Gasteiger partial charge in [-0.25, -0.2) is 0 Å². The highest BCUT2D eigenvalue weighted by atomic mass is 28.5. The molecule has 0 unspecified atom stereocenters. The van der Waals surface area contributed by atoms with Crippen molar-refractivity contribution in [3.8, 4) is 0 Å². The van der Waals surface area contributed by atoms with Gasteiger partial charge in [0, 0.05) is 0 Å². The van der Waals surface area contributed by atoms with Crippen LogP contribution in [0.5, 0.6) is 0 Å². The number of hydrogen-bond donors (Lipinski definition) is 0.